The Labute approximate surface area is 145 Å². The summed E-state index contributed by atoms with van der Waals surface area (Å²) in [7, 11) is -1.21. The van der Waals surface area contributed by atoms with E-state index < -0.39 is 19.0 Å². The minimum absolute atomic E-state index is 0.287. The van der Waals surface area contributed by atoms with Crippen LogP contribution in [0.4, 0.5) is 0 Å². The van der Waals surface area contributed by atoms with Gasteiger partial charge in [-0.3, -0.25) is 9.36 Å². The second kappa shape index (κ2) is 6.43. The number of hydrogen-bond donors (Lipinski definition) is 0. The lowest BCUT2D eigenvalue weighted by Gasteiger charge is -2.22. The SMILES string of the molecule is COP(=O)(OC)[C@]1(c2cccc(Cl)c2)O[C@H]1C(=O)c1ccccc1. The first kappa shape index (κ1) is 17.3. The number of halogens is 1. The van der Waals surface area contributed by atoms with Gasteiger partial charge in [-0.1, -0.05) is 54.1 Å². The second-order valence-corrected chi connectivity index (χ2v) is 8.12. The first-order valence-electron chi connectivity index (χ1n) is 7.23. The molecule has 1 heterocycles. The molecule has 1 aliphatic rings. The highest BCUT2D eigenvalue weighted by atomic mass is 35.5. The maximum absolute atomic E-state index is 13.1. The Morgan fingerprint density at radius 2 is 1.79 bits per heavy atom. The fourth-order valence-corrected chi connectivity index (χ4v) is 4.75. The summed E-state index contributed by atoms with van der Waals surface area (Å²) in [5, 5.41) is -1.05. The Bertz CT molecular complexity index is 802. The zero-order chi connectivity index (χ0) is 17.4. The van der Waals surface area contributed by atoms with Gasteiger partial charge in [-0.05, 0) is 12.1 Å². The number of hydrogen-bond acceptors (Lipinski definition) is 5. The average molecular weight is 367 g/mol. The zero-order valence-electron chi connectivity index (χ0n) is 13.1. The van der Waals surface area contributed by atoms with Gasteiger partial charge in [-0.25, -0.2) is 0 Å². The first-order valence-corrected chi connectivity index (χ1v) is 9.15. The van der Waals surface area contributed by atoms with Crippen LogP contribution in [0.25, 0.3) is 0 Å². The molecule has 126 valence electrons. The fourth-order valence-electron chi connectivity index (χ4n) is 2.77. The summed E-state index contributed by atoms with van der Waals surface area (Å²) in [5.41, 5.74) is 0.946. The number of ether oxygens (including phenoxy) is 1. The number of Topliss-reactive ketones (excluding diaryl/α,β-unsaturated/α-hetero) is 1. The number of rotatable bonds is 6. The van der Waals surface area contributed by atoms with E-state index in [1.54, 1.807) is 48.5 Å². The lowest BCUT2D eigenvalue weighted by Crippen LogP contribution is -2.21. The van der Waals surface area contributed by atoms with Crippen molar-refractivity contribution in [3.05, 3.63) is 70.7 Å². The van der Waals surface area contributed by atoms with Crippen LogP contribution in [0.2, 0.25) is 5.02 Å². The number of carbonyl (C=O) groups excluding carboxylic acids is 1. The standard InChI is InChI=1S/C17H16ClO5P/c1-21-24(20,22-2)17(13-9-6-10-14(18)11-13)16(23-17)15(19)12-7-4-3-5-8-12/h3-11,16H,1-2H3/t16-,17-/m0/s1. The van der Waals surface area contributed by atoms with Crippen molar-refractivity contribution in [1.29, 1.82) is 0 Å². The van der Waals surface area contributed by atoms with E-state index >= 15 is 0 Å². The van der Waals surface area contributed by atoms with E-state index in [9.17, 15) is 9.36 Å². The molecule has 3 rings (SSSR count). The van der Waals surface area contributed by atoms with Crippen molar-refractivity contribution in [1.82, 2.24) is 0 Å². The van der Waals surface area contributed by atoms with Crippen LogP contribution in [0.15, 0.2) is 54.6 Å². The maximum atomic E-state index is 13.1. The Morgan fingerprint density at radius 3 is 2.38 bits per heavy atom. The van der Waals surface area contributed by atoms with Crippen LogP contribution in [-0.4, -0.2) is 26.1 Å². The van der Waals surface area contributed by atoms with E-state index in [0.717, 1.165) is 0 Å². The largest absolute Gasteiger partial charge is 0.369 e. The van der Waals surface area contributed by atoms with Gasteiger partial charge in [0.25, 0.3) is 0 Å². The molecule has 1 saturated heterocycles. The molecule has 0 saturated carbocycles. The maximum Gasteiger partial charge on any atom is 0.369 e. The van der Waals surface area contributed by atoms with E-state index in [1.807, 2.05) is 6.07 Å². The van der Waals surface area contributed by atoms with Gasteiger partial charge in [-0.2, -0.15) is 0 Å². The summed E-state index contributed by atoms with van der Waals surface area (Å²) in [6.07, 6.45) is -0.968. The average Bonchev–Trinajstić information content (AvgIpc) is 3.38. The monoisotopic (exact) mass is 366 g/mol. The van der Waals surface area contributed by atoms with Gasteiger partial charge >= 0.3 is 7.60 Å². The summed E-state index contributed by atoms with van der Waals surface area (Å²) in [6.45, 7) is 0. The number of ketones is 1. The van der Waals surface area contributed by atoms with E-state index in [0.29, 0.717) is 16.1 Å². The molecule has 2 aromatic carbocycles. The van der Waals surface area contributed by atoms with Gasteiger partial charge in [0.2, 0.25) is 5.34 Å². The van der Waals surface area contributed by atoms with Crippen LogP contribution in [0.5, 0.6) is 0 Å². The minimum atomic E-state index is -3.75. The molecule has 1 aliphatic heterocycles. The molecule has 5 nitrogen and oxygen atoms in total. The molecule has 7 heteroatoms. The van der Waals surface area contributed by atoms with Gasteiger partial charge in [0.05, 0.1) is 0 Å². The van der Waals surface area contributed by atoms with Crippen LogP contribution < -0.4 is 0 Å². The molecule has 0 radical (unpaired) electrons. The highest BCUT2D eigenvalue weighted by Gasteiger charge is 2.74. The molecule has 0 unspecified atom stereocenters. The summed E-state index contributed by atoms with van der Waals surface area (Å²) in [5.74, 6) is -0.287. The predicted molar refractivity (Wildman–Crippen MR) is 90.4 cm³/mol. The van der Waals surface area contributed by atoms with E-state index in [2.05, 4.69) is 0 Å². The minimum Gasteiger partial charge on any atom is -0.339 e. The Kier molecular flexibility index (Phi) is 4.65. The van der Waals surface area contributed by atoms with Crippen molar-refractivity contribution in [2.24, 2.45) is 0 Å². The van der Waals surface area contributed by atoms with Crippen LogP contribution in [0.3, 0.4) is 0 Å². The third-order valence-electron chi connectivity index (χ3n) is 4.02. The van der Waals surface area contributed by atoms with Crippen LogP contribution in [0, 0.1) is 0 Å². The lowest BCUT2D eigenvalue weighted by atomic mass is 10.0. The third kappa shape index (κ3) is 2.63. The molecular weight excluding hydrogens is 351 g/mol. The normalized spacial score (nSPS) is 23.0. The summed E-state index contributed by atoms with van der Waals surface area (Å²) in [4.78, 5) is 12.8. The van der Waals surface area contributed by atoms with Gasteiger partial charge in [0.1, 0.15) is 0 Å². The molecule has 1 fully saturated rings. The number of benzene rings is 2. The second-order valence-electron chi connectivity index (χ2n) is 5.30. The number of carbonyl (C=O) groups is 1. The molecule has 0 amide bonds. The van der Waals surface area contributed by atoms with Gasteiger partial charge < -0.3 is 13.8 Å². The molecule has 0 N–H and O–H groups in total. The molecule has 0 spiro atoms. The fraction of sp³-hybridized carbons (Fsp3) is 0.235. The van der Waals surface area contributed by atoms with Crippen molar-refractivity contribution < 1.29 is 23.1 Å². The summed E-state index contributed by atoms with van der Waals surface area (Å²) in [6, 6.07) is 15.3. The van der Waals surface area contributed by atoms with Crippen molar-refractivity contribution in [2.45, 2.75) is 11.4 Å². The van der Waals surface area contributed by atoms with Crippen molar-refractivity contribution in [2.75, 3.05) is 14.2 Å². The summed E-state index contributed by atoms with van der Waals surface area (Å²) < 4.78 is 29.1. The molecule has 24 heavy (non-hydrogen) atoms. The van der Waals surface area contributed by atoms with Crippen molar-refractivity contribution in [3.63, 3.8) is 0 Å². The van der Waals surface area contributed by atoms with E-state index in [1.165, 1.54) is 14.2 Å². The quantitative estimate of drug-likeness (QED) is 0.434. The Hall–Kier alpha value is -1.49. The molecule has 2 atom stereocenters. The van der Waals surface area contributed by atoms with Crippen LogP contribution >= 0.6 is 19.2 Å². The number of epoxide rings is 1. The van der Waals surface area contributed by atoms with Crippen LogP contribution in [-0.2, 0) is 23.7 Å². The molecular formula is C17H16ClO5P. The van der Waals surface area contributed by atoms with Crippen LogP contribution in [0.1, 0.15) is 15.9 Å². The summed E-state index contributed by atoms with van der Waals surface area (Å²) >= 11 is 6.05. The Morgan fingerprint density at radius 1 is 1.12 bits per heavy atom. The molecule has 2 aromatic rings. The molecule has 0 aliphatic carbocycles. The van der Waals surface area contributed by atoms with Gasteiger partial charge in [-0.15, -0.1) is 0 Å². The third-order valence-corrected chi connectivity index (χ3v) is 6.63. The van der Waals surface area contributed by atoms with Gasteiger partial charge in [0, 0.05) is 30.4 Å². The van der Waals surface area contributed by atoms with Crippen molar-refractivity contribution in [3.8, 4) is 0 Å². The molecule has 0 bridgehead atoms. The first-order chi connectivity index (χ1) is 11.5. The van der Waals surface area contributed by atoms with Crippen molar-refractivity contribution >= 4 is 25.0 Å². The predicted octanol–water partition coefficient (Wildman–Crippen LogP) is 4.26. The van der Waals surface area contributed by atoms with E-state index in [4.69, 9.17) is 25.4 Å². The highest BCUT2D eigenvalue weighted by Crippen LogP contribution is 2.75. The lowest BCUT2D eigenvalue weighted by molar-refractivity contribution is 0.0953. The topological polar surface area (TPSA) is 65.1 Å². The zero-order valence-corrected chi connectivity index (χ0v) is 14.8. The smallest absolute Gasteiger partial charge is 0.339 e. The highest BCUT2D eigenvalue weighted by molar-refractivity contribution is 7.55. The molecule has 0 aromatic heterocycles. The van der Waals surface area contributed by atoms with Gasteiger partial charge in [0.15, 0.2) is 11.9 Å². The van der Waals surface area contributed by atoms with E-state index in [-0.39, 0.29) is 5.78 Å². The Balaban J connectivity index is 2.07.